The van der Waals surface area contributed by atoms with Crippen LogP contribution in [0, 0.1) is 11.8 Å². The Hall–Kier alpha value is -2.62. The van der Waals surface area contributed by atoms with Gasteiger partial charge in [0.2, 0.25) is 11.8 Å². The monoisotopic (exact) mass is 502 g/mol. The van der Waals surface area contributed by atoms with Crippen molar-refractivity contribution in [1.82, 2.24) is 10.2 Å². The highest BCUT2D eigenvalue weighted by atomic mass is 16.5. The van der Waals surface area contributed by atoms with Crippen molar-refractivity contribution in [2.75, 3.05) is 26.8 Å². The summed E-state index contributed by atoms with van der Waals surface area (Å²) in [5, 5.41) is 33.4. The maximum Gasteiger partial charge on any atom is 0.247 e. The summed E-state index contributed by atoms with van der Waals surface area (Å²) in [5.41, 5.74) is 1.61. The smallest absolute Gasteiger partial charge is 0.247 e. The lowest BCUT2D eigenvalue weighted by Gasteiger charge is -2.43. The first-order chi connectivity index (χ1) is 17.3. The van der Waals surface area contributed by atoms with E-state index >= 15 is 0 Å². The second-order valence-electron chi connectivity index (χ2n) is 10.4. The van der Waals surface area contributed by atoms with Gasteiger partial charge in [-0.05, 0) is 49.0 Å². The van der Waals surface area contributed by atoms with Crippen LogP contribution in [0.25, 0.3) is 0 Å². The summed E-state index contributed by atoms with van der Waals surface area (Å²) in [4.78, 5) is 28.5. The molecule has 2 amide bonds. The molecule has 3 aliphatic rings. The van der Waals surface area contributed by atoms with Crippen LogP contribution in [0.5, 0.6) is 11.5 Å². The predicted octanol–water partition coefficient (Wildman–Crippen LogP) is 1.48. The molecule has 1 fully saturated rings. The standard InChI is InChI=1S/C27H38N2O7/c1-15(2)7-9-29(27(34)17-5-4-6-17)20-13-19(26(33)28-8-10-30)22-18-11-16(14-31)12-21(35-3)24(18)36-25(22)23(20)32/h11-13,15,17,20,22-23,25,30-32H,4-10,14H2,1-3H3,(H,28,33)/t20-,22+,23+,25+/m1/s1. The zero-order valence-electron chi connectivity index (χ0n) is 21.3. The van der Waals surface area contributed by atoms with E-state index in [1.807, 2.05) is 0 Å². The number of amides is 2. The van der Waals surface area contributed by atoms with Crippen molar-refractivity contribution in [2.45, 2.75) is 70.3 Å². The first-order valence-electron chi connectivity index (χ1n) is 12.9. The van der Waals surface area contributed by atoms with Gasteiger partial charge in [-0.15, -0.1) is 0 Å². The van der Waals surface area contributed by atoms with Crippen LogP contribution in [0.15, 0.2) is 23.8 Å². The molecule has 0 bridgehead atoms. The number of rotatable bonds is 10. The van der Waals surface area contributed by atoms with Gasteiger partial charge in [0, 0.05) is 30.1 Å². The molecule has 1 aromatic rings. The van der Waals surface area contributed by atoms with Gasteiger partial charge in [-0.1, -0.05) is 20.3 Å². The first-order valence-corrected chi connectivity index (χ1v) is 12.9. The lowest BCUT2D eigenvalue weighted by atomic mass is 9.76. The highest BCUT2D eigenvalue weighted by molar-refractivity contribution is 5.96. The zero-order chi connectivity index (χ0) is 26.0. The Morgan fingerprint density at radius 3 is 2.58 bits per heavy atom. The fourth-order valence-corrected chi connectivity index (χ4v) is 5.31. The Balaban J connectivity index is 1.78. The van der Waals surface area contributed by atoms with Crippen LogP contribution in [-0.4, -0.2) is 77.1 Å². The van der Waals surface area contributed by atoms with E-state index < -0.39 is 24.2 Å². The van der Waals surface area contributed by atoms with Gasteiger partial charge in [-0.2, -0.15) is 0 Å². The Kier molecular flexibility index (Phi) is 8.22. The minimum atomic E-state index is -1.07. The molecule has 4 N–H and O–H groups in total. The Bertz CT molecular complexity index is 1000. The number of benzene rings is 1. The van der Waals surface area contributed by atoms with Crippen LogP contribution >= 0.6 is 0 Å². The third kappa shape index (κ3) is 4.96. The van der Waals surface area contributed by atoms with Crippen molar-refractivity contribution < 1.29 is 34.4 Å². The molecule has 0 saturated heterocycles. The number of carbonyl (C=O) groups is 2. The lowest BCUT2D eigenvalue weighted by molar-refractivity contribution is -0.144. The van der Waals surface area contributed by atoms with Crippen molar-refractivity contribution in [3.05, 3.63) is 34.9 Å². The van der Waals surface area contributed by atoms with Gasteiger partial charge in [0.15, 0.2) is 11.5 Å². The van der Waals surface area contributed by atoms with Gasteiger partial charge in [-0.3, -0.25) is 9.59 Å². The number of aliphatic hydroxyl groups excluding tert-OH is 3. The lowest BCUT2D eigenvalue weighted by Crippen LogP contribution is -2.57. The fourth-order valence-electron chi connectivity index (χ4n) is 5.31. The number of fused-ring (bicyclic) bond motifs is 3. The van der Waals surface area contributed by atoms with E-state index in [9.17, 15) is 24.9 Å². The van der Waals surface area contributed by atoms with Gasteiger partial charge < -0.3 is 35.0 Å². The van der Waals surface area contributed by atoms with Crippen molar-refractivity contribution >= 4 is 11.8 Å². The number of aliphatic hydroxyl groups is 3. The zero-order valence-corrected chi connectivity index (χ0v) is 21.3. The summed E-state index contributed by atoms with van der Waals surface area (Å²) in [7, 11) is 1.50. The highest BCUT2D eigenvalue weighted by Crippen LogP contribution is 2.51. The number of nitrogens with one attached hydrogen (secondary N) is 1. The number of carbonyl (C=O) groups excluding carboxylic acids is 2. The number of hydrogen-bond donors (Lipinski definition) is 4. The number of nitrogens with zero attached hydrogens (tertiary/aromatic N) is 1. The number of methoxy groups -OCH3 is 1. The van der Waals surface area contributed by atoms with Gasteiger partial charge in [-0.25, -0.2) is 0 Å². The normalized spacial score (nSPS) is 24.8. The summed E-state index contributed by atoms with van der Waals surface area (Å²) in [6.45, 7) is 4.29. The molecule has 0 spiro atoms. The molecule has 0 aromatic heterocycles. The number of hydrogen-bond acceptors (Lipinski definition) is 7. The maximum atomic E-state index is 13.5. The van der Waals surface area contributed by atoms with Crippen molar-refractivity contribution in [3.8, 4) is 11.5 Å². The van der Waals surface area contributed by atoms with E-state index in [1.54, 1.807) is 23.1 Å². The topological polar surface area (TPSA) is 129 Å². The van der Waals surface area contributed by atoms with Crippen molar-refractivity contribution in [1.29, 1.82) is 0 Å². The van der Waals surface area contributed by atoms with E-state index in [0.717, 1.165) is 25.7 Å². The molecule has 4 atom stereocenters. The molecule has 1 aliphatic heterocycles. The van der Waals surface area contributed by atoms with Crippen molar-refractivity contribution in [3.63, 3.8) is 0 Å². The van der Waals surface area contributed by atoms with Gasteiger partial charge in [0.25, 0.3) is 0 Å². The van der Waals surface area contributed by atoms with Crippen LogP contribution in [-0.2, 0) is 16.2 Å². The molecule has 1 heterocycles. The SMILES string of the molecule is COc1cc(CO)cc2c1O[C@@H]1[C@@H](O)[C@H](N(CCC(C)C)C(=O)C3CCC3)C=C(C(=O)NCCO)[C@H]21. The third-order valence-electron chi connectivity index (χ3n) is 7.54. The quantitative estimate of drug-likeness (QED) is 0.382. The Morgan fingerprint density at radius 2 is 2.00 bits per heavy atom. The molecule has 2 aliphatic carbocycles. The molecular formula is C27H38N2O7. The molecular weight excluding hydrogens is 464 g/mol. The summed E-state index contributed by atoms with van der Waals surface area (Å²) in [5.74, 6) is 0.134. The predicted molar refractivity (Wildman–Crippen MR) is 133 cm³/mol. The van der Waals surface area contributed by atoms with E-state index in [4.69, 9.17) is 9.47 Å². The number of ether oxygens (including phenoxy) is 2. The maximum absolute atomic E-state index is 13.5. The largest absolute Gasteiger partial charge is 0.493 e. The third-order valence-corrected chi connectivity index (χ3v) is 7.54. The summed E-state index contributed by atoms with van der Waals surface area (Å²) in [6.07, 6.45) is 3.27. The Morgan fingerprint density at radius 1 is 1.25 bits per heavy atom. The first kappa shape index (κ1) is 26.4. The molecule has 1 saturated carbocycles. The molecule has 4 rings (SSSR count). The minimum Gasteiger partial charge on any atom is -0.493 e. The van der Waals surface area contributed by atoms with E-state index in [1.165, 1.54) is 7.11 Å². The average molecular weight is 503 g/mol. The van der Waals surface area contributed by atoms with Gasteiger partial charge in [0.1, 0.15) is 12.2 Å². The summed E-state index contributed by atoms with van der Waals surface area (Å²) >= 11 is 0. The molecule has 1 aromatic carbocycles. The molecule has 0 radical (unpaired) electrons. The molecule has 0 unspecified atom stereocenters. The average Bonchev–Trinajstić information content (AvgIpc) is 3.22. The van der Waals surface area contributed by atoms with Crippen LogP contribution in [0.4, 0.5) is 0 Å². The molecule has 9 heteroatoms. The second-order valence-corrected chi connectivity index (χ2v) is 10.4. The molecule has 198 valence electrons. The Labute approximate surface area is 212 Å². The second kappa shape index (κ2) is 11.2. The van der Waals surface area contributed by atoms with Gasteiger partial charge in [0.05, 0.1) is 32.3 Å². The van der Waals surface area contributed by atoms with Gasteiger partial charge >= 0.3 is 0 Å². The van der Waals surface area contributed by atoms with E-state index in [-0.39, 0.29) is 37.5 Å². The van der Waals surface area contributed by atoms with Crippen molar-refractivity contribution in [2.24, 2.45) is 11.8 Å². The summed E-state index contributed by atoms with van der Waals surface area (Å²) in [6, 6.07) is 2.70. The van der Waals surface area contributed by atoms with Crippen LogP contribution in [0.2, 0.25) is 0 Å². The van der Waals surface area contributed by atoms with Crippen LogP contribution in [0.1, 0.15) is 56.6 Å². The van der Waals surface area contributed by atoms with Crippen LogP contribution < -0.4 is 14.8 Å². The minimum absolute atomic E-state index is 0.00595. The molecule has 36 heavy (non-hydrogen) atoms. The van der Waals surface area contributed by atoms with Crippen LogP contribution in [0.3, 0.4) is 0 Å². The van der Waals surface area contributed by atoms with E-state index in [0.29, 0.717) is 40.7 Å². The fraction of sp³-hybridized carbons (Fsp3) is 0.630. The van der Waals surface area contributed by atoms with E-state index in [2.05, 4.69) is 19.2 Å². The summed E-state index contributed by atoms with van der Waals surface area (Å²) < 4.78 is 11.7. The molecule has 9 nitrogen and oxygen atoms in total. The highest BCUT2D eigenvalue weighted by Gasteiger charge is 2.52.